The van der Waals surface area contributed by atoms with E-state index in [0.29, 0.717) is 11.6 Å². The lowest BCUT2D eigenvalue weighted by Crippen LogP contribution is -2.45. The van der Waals surface area contributed by atoms with Crippen molar-refractivity contribution in [1.29, 1.82) is 0 Å². The predicted octanol–water partition coefficient (Wildman–Crippen LogP) is 3.51. The number of hydroxylamine groups is 1. The van der Waals surface area contributed by atoms with Crippen LogP contribution in [0.2, 0.25) is 0 Å². The number of hydrogen-bond donors (Lipinski definition) is 2. The average Bonchev–Trinajstić information content (AvgIpc) is 3.41. The van der Waals surface area contributed by atoms with Gasteiger partial charge in [-0.1, -0.05) is 30.4 Å². The van der Waals surface area contributed by atoms with Gasteiger partial charge >= 0.3 is 12.4 Å². The fraction of sp³-hybridized carbons (Fsp3) is 0.381. The normalized spacial score (nSPS) is 23.2. The lowest BCUT2D eigenvalue weighted by atomic mass is 9.78. The maximum absolute atomic E-state index is 14.2. The van der Waals surface area contributed by atoms with E-state index in [9.17, 15) is 31.1 Å². The lowest BCUT2D eigenvalue weighted by molar-refractivity contribution is -0.184. The summed E-state index contributed by atoms with van der Waals surface area (Å²) in [6.45, 7) is -0.551. The summed E-state index contributed by atoms with van der Waals surface area (Å²) < 4.78 is 82.0. The quantitative estimate of drug-likeness (QED) is 0.491. The molecule has 2 N–H and O–H groups in total. The van der Waals surface area contributed by atoms with Gasteiger partial charge in [-0.3, -0.25) is 9.63 Å². The summed E-state index contributed by atoms with van der Waals surface area (Å²) in [5.41, 5.74) is -1.41. The molecule has 2 aliphatic heterocycles. The van der Waals surface area contributed by atoms with Gasteiger partial charge in [0.1, 0.15) is 28.9 Å². The molecule has 6 nitrogen and oxygen atoms in total. The van der Waals surface area contributed by atoms with E-state index < -0.39 is 47.9 Å². The number of aromatic nitrogens is 1. The van der Waals surface area contributed by atoms with Crippen molar-refractivity contribution in [3.8, 4) is 0 Å². The molecule has 182 valence electrons. The number of anilines is 1. The molecule has 2 fully saturated rings. The van der Waals surface area contributed by atoms with Gasteiger partial charge in [0.2, 0.25) is 0 Å². The first-order chi connectivity index (χ1) is 15.9. The number of pyridine rings is 1. The molecule has 1 amide bonds. The Labute approximate surface area is 195 Å². The van der Waals surface area contributed by atoms with Crippen molar-refractivity contribution in [2.24, 2.45) is 0 Å². The molecule has 0 aliphatic carbocycles. The molecule has 0 bridgehead atoms. The zero-order valence-electron chi connectivity index (χ0n) is 17.3. The molecule has 34 heavy (non-hydrogen) atoms. The summed E-state index contributed by atoms with van der Waals surface area (Å²) in [6.07, 6.45) is -8.59. The maximum atomic E-state index is 14.2. The van der Waals surface area contributed by atoms with Gasteiger partial charge in [-0.25, -0.2) is 10.5 Å². The van der Waals surface area contributed by atoms with Gasteiger partial charge in [0.25, 0.3) is 5.91 Å². The standard InChI is InChI=1S/C21H18F6N4O2S/c22-20(23,24)14-3-1-2-13(8-14)19(21(25,26)27)6-7-31(11-19)16-5-4-12(9-28-16)18(34)29-15-10-33-30-17(15)32/h1-5,8-9,15H,6-7,10-11H2,(H,29,34)(H,30,32). The number of alkyl halides is 6. The Bertz CT molecular complexity index is 1090. The van der Waals surface area contributed by atoms with Gasteiger partial charge in [0.15, 0.2) is 0 Å². The highest BCUT2D eigenvalue weighted by molar-refractivity contribution is 7.80. The molecule has 0 radical (unpaired) electrons. The van der Waals surface area contributed by atoms with E-state index in [0.717, 1.165) is 18.2 Å². The molecule has 2 saturated heterocycles. The number of halogens is 6. The number of amides is 1. The second kappa shape index (κ2) is 8.69. The van der Waals surface area contributed by atoms with Crippen LogP contribution in [0.15, 0.2) is 42.6 Å². The number of carbonyl (C=O) groups excluding carboxylic acids is 1. The molecular weight excluding hydrogens is 486 g/mol. The highest BCUT2D eigenvalue weighted by Crippen LogP contribution is 2.49. The molecule has 3 heterocycles. The molecule has 1 aromatic heterocycles. The molecule has 13 heteroatoms. The minimum absolute atomic E-state index is 0.0512. The van der Waals surface area contributed by atoms with Crippen LogP contribution in [-0.2, 0) is 21.2 Å². The Morgan fingerprint density at radius 3 is 2.56 bits per heavy atom. The van der Waals surface area contributed by atoms with Gasteiger partial charge < -0.3 is 10.2 Å². The van der Waals surface area contributed by atoms with E-state index in [-0.39, 0.29) is 29.9 Å². The fourth-order valence-corrected chi connectivity index (χ4v) is 4.29. The number of nitrogens with one attached hydrogen (secondary N) is 2. The van der Waals surface area contributed by atoms with E-state index in [1.54, 1.807) is 6.07 Å². The van der Waals surface area contributed by atoms with Crippen molar-refractivity contribution in [3.05, 3.63) is 59.3 Å². The second-order valence-electron chi connectivity index (χ2n) is 8.04. The summed E-state index contributed by atoms with van der Waals surface area (Å²) in [5, 5.41) is 2.81. The molecule has 0 spiro atoms. The van der Waals surface area contributed by atoms with E-state index in [2.05, 4.69) is 15.8 Å². The first-order valence-electron chi connectivity index (χ1n) is 10.1. The molecular formula is C21H18F6N4O2S. The average molecular weight is 504 g/mol. The molecule has 2 aromatic rings. The zero-order valence-corrected chi connectivity index (χ0v) is 18.2. The number of carbonyl (C=O) groups is 1. The molecule has 4 rings (SSSR count). The molecule has 1 aromatic carbocycles. The molecule has 2 aliphatic rings. The Kier molecular flexibility index (Phi) is 6.19. The maximum Gasteiger partial charge on any atom is 0.416 e. The van der Waals surface area contributed by atoms with Crippen LogP contribution < -0.4 is 15.7 Å². The second-order valence-corrected chi connectivity index (χ2v) is 8.45. The van der Waals surface area contributed by atoms with E-state index in [1.165, 1.54) is 17.2 Å². The number of thiocarbonyl (C=S) groups is 1. The van der Waals surface area contributed by atoms with Crippen molar-refractivity contribution in [3.63, 3.8) is 0 Å². The lowest BCUT2D eigenvalue weighted by Gasteiger charge is -2.33. The summed E-state index contributed by atoms with van der Waals surface area (Å²) in [6, 6.07) is 5.74. The summed E-state index contributed by atoms with van der Waals surface area (Å²) in [7, 11) is 0. The predicted molar refractivity (Wildman–Crippen MR) is 113 cm³/mol. The highest BCUT2D eigenvalue weighted by atomic mass is 32.1. The summed E-state index contributed by atoms with van der Waals surface area (Å²) >= 11 is 5.24. The van der Waals surface area contributed by atoms with Gasteiger partial charge in [-0.05, 0) is 30.2 Å². The van der Waals surface area contributed by atoms with Crippen LogP contribution in [0.4, 0.5) is 32.2 Å². The van der Waals surface area contributed by atoms with Gasteiger partial charge in [-0.2, -0.15) is 26.3 Å². The van der Waals surface area contributed by atoms with Crippen molar-refractivity contribution in [1.82, 2.24) is 15.8 Å². The minimum atomic E-state index is -4.78. The van der Waals surface area contributed by atoms with Crippen LogP contribution in [-0.4, -0.2) is 47.8 Å². The van der Waals surface area contributed by atoms with Crippen LogP contribution in [0.5, 0.6) is 0 Å². The van der Waals surface area contributed by atoms with Gasteiger partial charge in [0, 0.05) is 24.8 Å². The van der Waals surface area contributed by atoms with Crippen molar-refractivity contribution in [2.45, 2.75) is 30.2 Å². The first kappa shape index (κ1) is 24.2. The molecule has 2 atom stereocenters. The summed E-state index contributed by atoms with van der Waals surface area (Å²) in [4.78, 5) is 22.2. The third-order valence-electron chi connectivity index (χ3n) is 5.93. The Morgan fingerprint density at radius 1 is 1.21 bits per heavy atom. The Hall–Kier alpha value is -2.93. The van der Waals surface area contributed by atoms with Crippen LogP contribution in [0.1, 0.15) is 23.1 Å². The third kappa shape index (κ3) is 4.53. The zero-order chi connectivity index (χ0) is 24.7. The van der Waals surface area contributed by atoms with Crippen molar-refractivity contribution in [2.75, 3.05) is 24.6 Å². The van der Waals surface area contributed by atoms with Crippen molar-refractivity contribution < 1.29 is 36.0 Å². The Balaban J connectivity index is 1.54. The minimum Gasteiger partial charge on any atom is -0.362 e. The molecule has 0 saturated carbocycles. The van der Waals surface area contributed by atoms with E-state index in [1.807, 2.05) is 0 Å². The SMILES string of the molecule is O=C1NOCC1NC(=S)c1ccc(N2CCC(c3cccc(C(F)(F)F)c3)(C(F)(F)F)C2)nc1. The van der Waals surface area contributed by atoms with Gasteiger partial charge in [0.05, 0.1) is 5.56 Å². The largest absolute Gasteiger partial charge is 0.416 e. The highest BCUT2D eigenvalue weighted by Gasteiger charge is 2.59. The number of hydrogen-bond acceptors (Lipinski definition) is 5. The van der Waals surface area contributed by atoms with E-state index in [4.69, 9.17) is 17.1 Å². The Morgan fingerprint density at radius 2 is 1.97 bits per heavy atom. The number of rotatable bonds is 4. The monoisotopic (exact) mass is 504 g/mol. The van der Waals surface area contributed by atoms with Gasteiger partial charge in [-0.15, -0.1) is 0 Å². The van der Waals surface area contributed by atoms with Crippen molar-refractivity contribution >= 4 is 28.9 Å². The fourth-order valence-electron chi connectivity index (χ4n) is 4.03. The van der Waals surface area contributed by atoms with Crippen LogP contribution in [0.25, 0.3) is 0 Å². The molecule has 2 unspecified atom stereocenters. The van der Waals surface area contributed by atoms with Crippen LogP contribution >= 0.6 is 12.2 Å². The first-order valence-corrected chi connectivity index (χ1v) is 10.5. The number of nitrogens with zero attached hydrogens (tertiary/aromatic N) is 2. The topological polar surface area (TPSA) is 66.5 Å². The third-order valence-corrected chi connectivity index (χ3v) is 6.29. The summed E-state index contributed by atoms with van der Waals surface area (Å²) in [5.74, 6) is -0.159. The number of benzene rings is 1. The van der Waals surface area contributed by atoms with Crippen LogP contribution in [0, 0.1) is 0 Å². The van der Waals surface area contributed by atoms with E-state index >= 15 is 0 Å². The van der Waals surface area contributed by atoms with Crippen LogP contribution in [0.3, 0.4) is 0 Å². The smallest absolute Gasteiger partial charge is 0.362 e.